The molecule has 36 heavy (non-hydrogen) atoms. The van der Waals surface area contributed by atoms with E-state index in [1.54, 1.807) is 9.80 Å². The second-order valence-corrected chi connectivity index (χ2v) is 10.5. The Bertz CT molecular complexity index is 1320. The van der Waals surface area contributed by atoms with Gasteiger partial charge in [-0.2, -0.15) is 0 Å². The Morgan fingerprint density at radius 2 is 1.75 bits per heavy atom. The Kier molecular flexibility index (Phi) is 6.57. The van der Waals surface area contributed by atoms with E-state index in [9.17, 15) is 14.4 Å². The maximum atomic E-state index is 12.9. The summed E-state index contributed by atoms with van der Waals surface area (Å²) >= 11 is 1.29. The lowest BCUT2D eigenvalue weighted by Gasteiger charge is -2.20. The Hall–Kier alpha value is -3.59. The highest BCUT2D eigenvalue weighted by atomic mass is 32.1. The number of aryl methyl sites for hydroxylation is 2. The van der Waals surface area contributed by atoms with Gasteiger partial charge in [0.15, 0.2) is 0 Å². The van der Waals surface area contributed by atoms with E-state index in [1.807, 2.05) is 56.3 Å². The molecule has 1 N–H and O–H groups in total. The van der Waals surface area contributed by atoms with Gasteiger partial charge in [-0.25, -0.2) is 0 Å². The number of hydrogen-bond acceptors (Lipinski definition) is 6. The van der Waals surface area contributed by atoms with Crippen LogP contribution in [0.1, 0.15) is 47.4 Å². The van der Waals surface area contributed by atoms with E-state index in [0.29, 0.717) is 24.6 Å². The van der Waals surface area contributed by atoms with E-state index >= 15 is 0 Å². The van der Waals surface area contributed by atoms with Gasteiger partial charge in [0.1, 0.15) is 5.01 Å². The summed E-state index contributed by atoms with van der Waals surface area (Å²) in [5.41, 5.74) is 5.12. The number of hydrogen-bond donors (Lipinski definition) is 1. The molecule has 9 heteroatoms. The van der Waals surface area contributed by atoms with Gasteiger partial charge in [0.2, 0.25) is 22.9 Å². The first kappa shape index (κ1) is 24.1. The third-order valence-corrected chi connectivity index (χ3v) is 8.17. The molecule has 0 saturated carbocycles. The molecule has 3 amide bonds. The molecule has 2 unspecified atom stereocenters. The number of carbonyl (C=O) groups is 3. The first-order chi connectivity index (χ1) is 17.3. The van der Waals surface area contributed by atoms with Crippen molar-refractivity contribution in [3.05, 3.63) is 64.2 Å². The lowest BCUT2D eigenvalue weighted by Crippen LogP contribution is -2.28. The predicted octanol–water partition coefficient (Wildman–Crippen LogP) is 4.23. The van der Waals surface area contributed by atoms with Gasteiger partial charge in [-0.15, -0.1) is 10.2 Å². The van der Waals surface area contributed by atoms with Crippen LogP contribution in [0.4, 0.5) is 16.5 Å². The average Bonchev–Trinajstić information content (AvgIpc) is 3.59. The molecule has 3 aromatic rings. The topological polar surface area (TPSA) is 95.5 Å². The minimum absolute atomic E-state index is 0.0565. The third-order valence-electron chi connectivity index (χ3n) is 7.16. The van der Waals surface area contributed by atoms with Gasteiger partial charge < -0.3 is 15.1 Å². The molecule has 5 rings (SSSR count). The smallest absolute Gasteiger partial charge is 0.231 e. The van der Waals surface area contributed by atoms with Gasteiger partial charge in [-0.1, -0.05) is 42.5 Å². The Morgan fingerprint density at radius 1 is 1.00 bits per heavy atom. The van der Waals surface area contributed by atoms with E-state index in [4.69, 9.17) is 0 Å². The molecule has 0 spiro atoms. The molecule has 2 aromatic carbocycles. The number of anilines is 3. The standard InChI is InChI=1S/C27H29N5O3S/c1-4-18-8-10-21(11-9-18)31-15-20(13-23(31)33)26-29-30-27(36-26)28-25(35)19-12-24(34)32(14-19)22-7-5-6-16(2)17(22)3/h5-11,19-20H,4,12-15H2,1-3H3,(H,28,30,35). The van der Waals surface area contributed by atoms with Crippen LogP contribution in [0.3, 0.4) is 0 Å². The quantitative estimate of drug-likeness (QED) is 0.543. The SMILES string of the molecule is CCc1ccc(N2CC(c3nnc(NC(=O)C4CC(=O)N(c5cccc(C)c5C)C4)s3)CC2=O)cc1. The maximum Gasteiger partial charge on any atom is 0.231 e. The normalized spacial score (nSPS) is 19.9. The number of nitrogens with one attached hydrogen (secondary N) is 1. The summed E-state index contributed by atoms with van der Waals surface area (Å²) in [5, 5.41) is 12.4. The van der Waals surface area contributed by atoms with Crippen LogP contribution in [0.15, 0.2) is 42.5 Å². The van der Waals surface area contributed by atoms with Crippen molar-refractivity contribution in [1.82, 2.24) is 10.2 Å². The molecule has 186 valence electrons. The molecule has 0 aliphatic carbocycles. The monoisotopic (exact) mass is 503 g/mol. The van der Waals surface area contributed by atoms with Crippen molar-refractivity contribution < 1.29 is 14.4 Å². The Balaban J connectivity index is 1.22. The molecule has 2 aliphatic rings. The number of rotatable bonds is 6. The second kappa shape index (κ2) is 9.81. The molecule has 2 saturated heterocycles. The molecule has 2 fully saturated rings. The molecular weight excluding hydrogens is 474 g/mol. The van der Waals surface area contributed by atoms with Crippen LogP contribution < -0.4 is 15.1 Å². The van der Waals surface area contributed by atoms with Crippen molar-refractivity contribution in [3.63, 3.8) is 0 Å². The summed E-state index contributed by atoms with van der Waals surface area (Å²) in [4.78, 5) is 41.8. The lowest BCUT2D eigenvalue weighted by atomic mass is 10.1. The number of aromatic nitrogens is 2. The van der Waals surface area contributed by atoms with Crippen molar-refractivity contribution in [2.45, 2.75) is 46.0 Å². The van der Waals surface area contributed by atoms with Gasteiger partial charge >= 0.3 is 0 Å². The summed E-state index contributed by atoms with van der Waals surface area (Å²) in [6, 6.07) is 13.9. The van der Waals surface area contributed by atoms with Crippen LogP contribution in [-0.2, 0) is 20.8 Å². The molecule has 1 aromatic heterocycles. The number of amides is 3. The minimum atomic E-state index is -0.459. The van der Waals surface area contributed by atoms with Gasteiger partial charge in [-0.3, -0.25) is 14.4 Å². The summed E-state index contributed by atoms with van der Waals surface area (Å²) in [5.74, 6) is -0.767. The van der Waals surface area contributed by atoms with Crippen molar-refractivity contribution in [2.24, 2.45) is 5.92 Å². The van der Waals surface area contributed by atoms with Crippen LogP contribution in [0.5, 0.6) is 0 Å². The van der Waals surface area contributed by atoms with Gasteiger partial charge in [0.05, 0.1) is 5.92 Å². The van der Waals surface area contributed by atoms with Gasteiger partial charge in [0.25, 0.3) is 0 Å². The molecule has 8 nitrogen and oxygen atoms in total. The van der Waals surface area contributed by atoms with Crippen molar-refractivity contribution in [1.29, 1.82) is 0 Å². The van der Waals surface area contributed by atoms with Crippen molar-refractivity contribution >= 4 is 45.6 Å². The zero-order valence-corrected chi connectivity index (χ0v) is 21.5. The fraction of sp³-hybridized carbons (Fsp3) is 0.370. The van der Waals surface area contributed by atoms with Crippen LogP contribution in [0, 0.1) is 19.8 Å². The largest absolute Gasteiger partial charge is 0.312 e. The van der Waals surface area contributed by atoms with E-state index in [-0.39, 0.29) is 30.1 Å². The summed E-state index contributed by atoms with van der Waals surface area (Å²) < 4.78 is 0. The van der Waals surface area contributed by atoms with Crippen molar-refractivity contribution in [2.75, 3.05) is 28.2 Å². The molecule has 3 heterocycles. The highest BCUT2D eigenvalue weighted by Gasteiger charge is 2.37. The maximum absolute atomic E-state index is 12.9. The van der Waals surface area contributed by atoms with Gasteiger partial charge in [-0.05, 0) is 55.2 Å². The Labute approximate surface area is 214 Å². The van der Waals surface area contributed by atoms with E-state index in [0.717, 1.165) is 33.9 Å². The van der Waals surface area contributed by atoms with Crippen LogP contribution >= 0.6 is 11.3 Å². The predicted molar refractivity (Wildman–Crippen MR) is 140 cm³/mol. The van der Waals surface area contributed by atoms with Crippen molar-refractivity contribution in [3.8, 4) is 0 Å². The number of benzene rings is 2. The van der Waals surface area contributed by atoms with Crippen LogP contribution in [0.2, 0.25) is 0 Å². The molecule has 0 radical (unpaired) electrons. The van der Waals surface area contributed by atoms with Crippen LogP contribution in [0.25, 0.3) is 0 Å². The van der Waals surface area contributed by atoms with E-state index < -0.39 is 5.92 Å². The van der Waals surface area contributed by atoms with Crippen LogP contribution in [-0.4, -0.2) is 41.0 Å². The highest BCUT2D eigenvalue weighted by Crippen LogP contribution is 2.35. The number of carbonyl (C=O) groups excluding carboxylic acids is 3. The lowest BCUT2D eigenvalue weighted by molar-refractivity contribution is -0.122. The fourth-order valence-electron chi connectivity index (χ4n) is 4.84. The molecule has 2 aliphatic heterocycles. The molecule has 2 atom stereocenters. The Morgan fingerprint density at radius 3 is 2.50 bits per heavy atom. The molecule has 0 bridgehead atoms. The van der Waals surface area contributed by atoms with Gasteiger partial charge in [0, 0.05) is 43.2 Å². The first-order valence-electron chi connectivity index (χ1n) is 12.2. The average molecular weight is 504 g/mol. The second-order valence-electron chi connectivity index (χ2n) is 9.48. The number of nitrogens with zero attached hydrogens (tertiary/aromatic N) is 4. The van der Waals surface area contributed by atoms with E-state index in [2.05, 4.69) is 22.4 Å². The zero-order chi connectivity index (χ0) is 25.4. The summed E-state index contributed by atoms with van der Waals surface area (Å²) in [6.07, 6.45) is 1.47. The minimum Gasteiger partial charge on any atom is -0.312 e. The third kappa shape index (κ3) is 4.63. The fourth-order valence-corrected chi connectivity index (χ4v) is 5.67. The first-order valence-corrected chi connectivity index (χ1v) is 13.1. The summed E-state index contributed by atoms with van der Waals surface area (Å²) in [7, 11) is 0. The molecular formula is C27H29N5O3S. The highest BCUT2D eigenvalue weighted by molar-refractivity contribution is 7.15. The van der Waals surface area contributed by atoms with E-state index in [1.165, 1.54) is 16.9 Å². The zero-order valence-electron chi connectivity index (χ0n) is 20.7. The summed E-state index contributed by atoms with van der Waals surface area (Å²) in [6.45, 7) is 6.97.